The molecule has 0 aliphatic carbocycles. The number of carbonyl (C=O) groups is 2. The predicted molar refractivity (Wildman–Crippen MR) is 55.5 cm³/mol. The van der Waals surface area contributed by atoms with Crippen molar-refractivity contribution in [1.29, 1.82) is 0 Å². The highest BCUT2D eigenvalue weighted by molar-refractivity contribution is 5.94. The lowest BCUT2D eigenvalue weighted by Crippen LogP contribution is -2.41. The lowest BCUT2D eigenvalue weighted by atomic mass is 10.2. The quantitative estimate of drug-likeness (QED) is 0.487. The first-order chi connectivity index (χ1) is 8.04. The number of carbonyl (C=O) groups excluding carboxylic acids is 1. The second-order valence-corrected chi connectivity index (χ2v) is 3.17. The number of aliphatic carboxylic acids is 1. The first-order valence-electron chi connectivity index (χ1n) is 4.74. The number of amides is 1. The zero-order valence-electron chi connectivity index (χ0n) is 8.71. The SMILES string of the molecule is O=C(N[C@@H](CCO)C(=O)O)c1c[nH]c(=O)cn1. The van der Waals surface area contributed by atoms with Crippen molar-refractivity contribution in [3.8, 4) is 0 Å². The summed E-state index contributed by atoms with van der Waals surface area (Å²) in [4.78, 5) is 38.7. The van der Waals surface area contributed by atoms with Crippen LogP contribution in [0.5, 0.6) is 0 Å². The molecule has 1 aromatic heterocycles. The topological polar surface area (TPSA) is 132 Å². The van der Waals surface area contributed by atoms with E-state index in [9.17, 15) is 14.4 Å². The van der Waals surface area contributed by atoms with Gasteiger partial charge in [0.1, 0.15) is 11.7 Å². The summed E-state index contributed by atoms with van der Waals surface area (Å²) in [5, 5.41) is 19.5. The first kappa shape index (κ1) is 12.8. The van der Waals surface area contributed by atoms with Gasteiger partial charge in [0.2, 0.25) is 0 Å². The molecule has 17 heavy (non-hydrogen) atoms. The maximum atomic E-state index is 11.5. The van der Waals surface area contributed by atoms with Crippen LogP contribution in [0.3, 0.4) is 0 Å². The number of nitrogens with one attached hydrogen (secondary N) is 2. The zero-order chi connectivity index (χ0) is 12.8. The Kier molecular flexibility index (Phi) is 4.35. The summed E-state index contributed by atoms with van der Waals surface area (Å²) in [6.45, 7) is -0.365. The highest BCUT2D eigenvalue weighted by Crippen LogP contribution is 1.95. The molecule has 0 saturated carbocycles. The third kappa shape index (κ3) is 3.68. The molecule has 1 rings (SSSR count). The number of carboxylic acid groups (broad SMARTS) is 1. The summed E-state index contributed by atoms with van der Waals surface area (Å²) in [6, 6.07) is -1.19. The number of hydrogen-bond acceptors (Lipinski definition) is 5. The number of H-pyrrole nitrogens is 1. The maximum absolute atomic E-state index is 11.5. The average Bonchev–Trinajstić information content (AvgIpc) is 2.29. The molecule has 0 aromatic carbocycles. The van der Waals surface area contributed by atoms with E-state index in [0.29, 0.717) is 0 Å². The van der Waals surface area contributed by atoms with Crippen LogP contribution in [0.15, 0.2) is 17.2 Å². The van der Waals surface area contributed by atoms with E-state index in [-0.39, 0.29) is 18.7 Å². The number of aliphatic hydroxyl groups excluding tert-OH is 1. The molecule has 0 aliphatic rings. The van der Waals surface area contributed by atoms with Crippen molar-refractivity contribution in [1.82, 2.24) is 15.3 Å². The molecule has 0 fully saturated rings. The second-order valence-electron chi connectivity index (χ2n) is 3.17. The Labute approximate surface area is 95.3 Å². The van der Waals surface area contributed by atoms with Crippen LogP contribution in [-0.2, 0) is 4.79 Å². The van der Waals surface area contributed by atoms with Gasteiger partial charge in [0.15, 0.2) is 0 Å². The molecular weight excluding hydrogens is 230 g/mol. The Morgan fingerprint density at radius 2 is 2.24 bits per heavy atom. The maximum Gasteiger partial charge on any atom is 0.326 e. The van der Waals surface area contributed by atoms with E-state index in [1.807, 2.05) is 0 Å². The monoisotopic (exact) mass is 241 g/mol. The Hall–Kier alpha value is -2.22. The van der Waals surface area contributed by atoms with E-state index in [4.69, 9.17) is 10.2 Å². The fourth-order valence-electron chi connectivity index (χ4n) is 1.09. The van der Waals surface area contributed by atoms with E-state index in [1.54, 1.807) is 0 Å². The van der Waals surface area contributed by atoms with Crippen molar-refractivity contribution in [3.05, 3.63) is 28.4 Å². The molecule has 4 N–H and O–H groups in total. The Morgan fingerprint density at radius 1 is 1.53 bits per heavy atom. The molecule has 0 saturated heterocycles. The smallest absolute Gasteiger partial charge is 0.326 e. The number of aliphatic hydroxyl groups is 1. The lowest BCUT2D eigenvalue weighted by Gasteiger charge is -2.12. The largest absolute Gasteiger partial charge is 0.480 e. The van der Waals surface area contributed by atoms with Crippen LogP contribution in [-0.4, -0.2) is 44.7 Å². The van der Waals surface area contributed by atoms with Crippen LogP contribution in [0.25, 0.3) is 0 Å². The normalized spacial score (nSPS) is 11.8. The van der Waals surface area contributed by atoms with Crippen LogP contribution in [0.4, 0.5) is 0 Å². The molecule has 0 spiro atoms. The second kappa shape index (κ2) is 5.75. The molecule has 1 aromatic rings. The predicted octanol–water partition coefficient (Wildman–Crippen LogP) is -1.66. The van der Waals surface area contributed by atoms with Gasteiger partial charge in [0.25, 0.3) is 11.5 Å². The van der Waals surface area contributed by atoms with Crippen LogP contribution in [0.2, 0.25) is 0 Å². The van der Waals surface area contributed by atoms with Crippen LogP contribution >= 0.6 is 0 Å². The number of rotatable bonds is 5. The molecule has 1 atom stereocenters. The van der Waals surface area contributed by atoms with Gasteiger partial charge < -0.3 is 20.5 Å². The van der Waals surface area contributed by atoms with E-state index < -0.39 is 23.5 Å². The number of aromatic amines is 1. The van der Waals surface area contributed by atoms with Crippen molar-refractivity contribution >= 4 is 11.9 Å². The highest BCUT2D eigenvalue weighted by atomic mass is 16.4. The Morgan fingerprint density at radius 3 is 2.71 bits per heavy atom. The van der Waals surface area contributed by atoms with Crippen molar-refractivity contribution in [3.63, 3.8) is 0 Å². The van der Waals surface area contributed by atoms with E-state index in [0.717, 1.165) is 12.4 Å². The molecule has 0 unspecified atom stereocenters. The molecule has 1 heterocycles. The van der Waals surface area contributed by atoms with Gasteiger partial charge in [0, 0.05) is 19.2 Å². The minimum atomic E-state index is -1.25. The van der Waals surface area contributed by atoms with E-state index in [2.05, 4.69) is 15.3 Å². The minimum absolute atomic E-state index is 0.103. The molecule has 1 amide bonds. The van der Waals surface area contributed by atoms with Crippen LogP contribution < -0.4 is 10.9 Å². The molecule has 8 heteroatoms. The third-order valence-corrected chi connectivity index (χ3v) is 1.93. The standard InChI is InChI=1S/C9H11N3O5/c13-2-1-5(9(16)17)12-8(15)6-3-11-7(14)4-10-6/h3-5,13H,1-2H2,(H,11,14)(H,12,15)(H,16,17)/t5-/m0/s1. The number of aromatic nitrogens is 2. The fraction of sp³-hybridized carbons (Fsp3) is 0.333. The molecule has 92 valence electrons. The fourth-order valence-corrected chi connectivity index (χ4v) is 1.09. The van der Waals surface area contributed by atoms with Gasteiger partial charge in [-0.3, -0.25) is 9.59 Å². The van der Waals surface area contributed by atoms with Gasteiger partial charge in [-0.2, -0.15) is 0 Å². The summed E-state index contributed by atoms with van der Waals surface area (Å²) >= 11 is 0. The summed E-state index contributed by atoms with van der Waals surface area (Å²) in [5.74, 6) is -1.99. The molecule has 0 radical (unpaired) electrons. The highest BCUT2D eigenvalue weighted by Gasteiger charge is 2.20. The van der Waals surface area contributed by atoms with Crippen LogP contribution in [0.1, 0.15) is 16.9 Å². The summed E-state index contributed by atoms with van der Waals surface area (Å²) in [5.41, 5.74) is -0.569. The average molecular weight is 241 g/mol. The third-order valence-electron chi connectivity index (χ3n) is 1.93. The Bertz CT molecular complexity index is 449. The summed E-state index contributed by atoms with van der Waals surface area (Å²) in [6.07, 6.45) is 1.89. The molecule has 0 bridgehead atoms. The molecule has 0 aliphatic heterocycles. The summed E-state index contributed by atoms with van der Waals surface area (Å²) < 4.78 is 0. The van der Waals surface area contributed by atoms with Gasteiger partial charge in [-0.05, 0) is 0 Å². The van der Waals surface area contributed by atoms with Gasteiger partial charge in [-0.15, -0.1) is 0 Å². The van der Waals surface area contributed by atoms with Crippen LogP contribution in [0, 0.1) is 0 Å². The molecule has 8 nitrogen and oxygen atoms in total. The minimum Gasteiger partial charge on any atom is -0.480 e. The van der Waals surface area contributed by atoms with Gasteiger partial charge in [0.05, 0.1) is 6.20 Å². The van der Waals surface area contributed by atoms with Gasteiger partial charge in [-0.25, -0.2) is 9.78 Å². The van der Waals surface area contributed by atoms with E-state index in [1.165, 1.54) is 0 Å². The van der Waals surface area contributed by atoms with Crippen molar-refractivity contribution < 1.29 is 19.8 Å². The first-order valence-corrected chi connectivity index (χ1v) is 4.74. The van der Waals surface area contributed by atoms with E-state index >= 15 is 0 Å². The number of nitrogens with zero attached hydrogens (tertiary/aromatic N) is 1. The number of carboxylic acids is 1. The Balaban J connectivity index is 2.73. The molecular formula is C9H11N3O5. The van der Waals surface area contributed by atoms with Crippen molar-refractivity contribution in [2.24, 2.45) is 0 Å². The van der Waals surface area contributed by atoms with Gasteiger partial charge in [-0.1, -0.05) is 0 Å². The van der Waals surface area contributed by atoms with Gasteiger partial charge >= 0.3 is 5.97 Å². The number of hydrogen-bond donors (Lipinski definition) is 4. The van der Waals surface area contributed by atoms with Crippen molar-refractivity contribution in [2.45, 2.75) is 12.5 Å². The zero-order valence-corrected chi connectivity index (χ0v) is 8.71. The van der Waals surface area contributed by atoms with Crippen molar-refractivity contribution in [2.75, 3.05) is 6.61 Å². The summed E-state index contributed by atoms with van der Waals surface area (Å²) in [7, 11) is 0. The lowest BCUT2D eigenvalue weighted by molar-refractivity contribution is -0.139.